The highest BCUT2D eigenvalue weighted by molar-refractivity contribution is 7.85. The molecule has 0 aliphatic rings. The predicted molar refractivity (Wildman–Crippen MR) is 82.0 cm³/mol. The van der Waals surface area contributed by atoms with Crippen molar-refractivity contribution in [1.29, 1.82) is 0 Å². The van der Waals surface area contributed by atoms with Gasteiger partial charge in [0.25, 0.3) is 0 Å². The predicted octanol–water partition coefficient (Wildman–Crippen LogP) is 2.80. The summed E-state index contributed by atoms with van der Waals surface area (Å²) >= 11 is 0. The maximum absolute atomic E-state index is 12.2. The van der Waals surface area contributed by atoms with Crippen LogP contribution in [0.1, 0.15) is 37.9 Å². The van der Waals surface area contributed by atoms with Crippen molar-refractivity contribution in [3.8, 4) is 5.75 Å². The van der Waals surface area contributed by atoms with Gasteiger partial charge < -0.3 is 10.5 Å². The molecule has 0 aliphatic carbocycles. The van der Waals surface area contributed by atoms with Crippen molar-refractivity contribution < 1.29 is 8.95 Å². The van der Waals surface area contributed by atoms with E-state index in [2.05, 4.69) is 13.8 Å². The number of rotatable bonds is 6. The molecule has 1 rings (SSSR count). The second kappa shape index (κ2) is 7.06. The molecule has 0 fully saturated rings. The maximum Gasteiger partial charge on any atom is 0.123 e. The average Bonchev–Trinajstić information content (AvgIpc) is 2.37. The summed E-state index contributed by atoms with van der Waals surface area (Å²) in [7, 11) is 0.711. The number of nitrogens with two attached hydrogens (primary N) is 1. The van der Waals surface area contributed by atoms with E-state index in [-0.39, 0.29) is 11.3 Å². The Balaban J connectivity index is 2.86. The molecular weight excluding hydrogens is 258 g/mol. The first-order valence-electron chi connectivity index (χ1n) is 6.64. The quantitative estimate of drug-likeness (QED) is 0.873. The summed E-state index contributed by atoms with van der Waals surface area (Å²) in [6.45, 7) is 8.20. The fourth-order valence-electron chi connectivity index (χ4n) is 1.87. The van der Waals surface area contributed by atoms with Gasteiger partial charge in [-0.1, -0.05) is 38.5 Å². The molecular formula is C15H25NO2S. The van der Waals surface area contributed by atoms with Crippen LogP contribution in [-0.4, -0.2) is 22.3 Å². The maximum atomic E-state index is 12.2. The number of hydrogen-bond acceptors (Lipinski definition) is 3. The van der Waals surface area contributed by atoms with Gasteiger partial charge >= 0.3 is 0 Å². The van der Waals surface area contributed by atoms with Gasteiger partial charge in [-0.3, -0.25) is 4.21 Å². The smallest absolute Gasteiger partial charge is 0.123 e. The van der Waals surface area contributed by atoms with Crippen LogP contribution in [0.15, 0.2) is 18.2 Å². The topological polar surface area (TPSA) is 52.3 Å². The molecule has 0 bridgehead atoms. The normalized spacial score (nSPS) is 16.2. The van der Waals surface area contributed by atoms with E-state index in [1.54, 1.807) is 7.11 Å². The van der Waals surface area contributed by atoms with Crippen molar-refractivity contribution in [2.24, 2.45) is 11.7 Å². The lowest BCUT2D eigenvalue weighted by Crippen LogP contribution is -2.27. The Hall–Kier alpha value is -0.870. The average molecular weight is 283 g/mol. The number of hydrogen-bond donors (Lipinski definition) is 1. The first-order valence-corrected chi connectivity index (χ1v) is 8.02. The molecule has 0 amide bonds. The first-order chi connectivity index (χ1) is 8.86. The zero-order valence-corrected chi connectivity index (χ0v) is 13.3. The van der Waals surface area contributed by atoms with Crippen molar-refractivity contribution in [2.45, 2.75) is 39.0 Å². The first kappa shape index (κ1) is 16.2. The highest BCUT2D eigenvalue weighted by Crippen LogP contribution is 2.26. The van der Waals surface area contributed by atoms with E-state index in [1.807, 2.05) is 32.0 Å². The van der Waals surface area contributed by atoms with E-state index < -0.39 is 10.8 Å². The molecule has 3 unspecified atom stereocenters. The van der Waals surface area contributed by atoms with Crippen LogP contribution < -0.4 is 10.5 Å². The van der Waals surface area contributed by atoms with Gasteiger partial charge in [-0.15, -0.1) is 0 Å². The van der Waals surface area contributed by atoms with Gasteiger partial charge in [0.15, 0.2) is 0 Å². The fraction of sp³-hybridized carbons (Fsp3) is 0.600. The molecule has 108 valence electrons. The molecule has 19 heavy (non-hydrogen) atoms. The Bertz CT molecular complexity index is 446. The molecule has 4 heteroatoms. The van der Waals surface area contributed by atoms with E-state index in [1.165, 1.54) is 0 Å². The lowest BCUT2D eigenvalue weighted by Gasteiger charge is -2.20. The van der Waals surface area contributed by atoms with E-state index in [4.69, 9.17) is 10.5 Å². The van der Waals surface area contributed by atoms with Gasteiger partial charge in [0, 0.05) is 33.4 Å². The van der Waals surface area contributed by atoms with Crippen molar-refractivity contribution in [3.05, 3.63) is 29.3 Å². The van der Waals surface area contributed by atoms with Gasteiger partial charge in [-0.25, -0.2) is 0 Å². The molecule has 3 nitrogen and oxygen atoms in total. The van der Waals surface area contributed by atoms with Crippen LogP contribution in [0.5, 0.6) is 5.75 Å². The Labute approximate surface area is 119 Å². The van der Waals surface area contributed by atoms with Gasteiger partial charge in [0.2, 0.25) is 0 Å². The fourth-order valence-corrected chi connectivity index (χ4v) is 3.31. The summed E-state index contributed by atoms with van der Waals surface area (Å²) < 4.78 is 17.6. The Kier molecular flexibility index (Phi) is 6.01. The Morgan fingerprint density at radius 3 is 2.47 bits per heavy atom. The lowest BCUT2D eigenvalue weighted by atomic mass is 10.1. The molecule has 0 aliphatic heterocycles. The molecule has 0 saturated heterocycles. The van der Waals surface area contributed by atoms with Crippen molar-refractivity contribution in [1.82, 2.24) is 0 Å². The molecule has 0 saturated carbocycles. The van der Waals surface area contributed by atoms with E-state index >= 15 is 0 Å². The third-order valence-electron chi connectivity index (χ3n) is 3.48. The Morgan fingerprint density at radius 2 is 1.95 bits per heavy atom. The second-order valence-corrected chi connectivity index (χ2v) is 7.19. The molecule has 2 N–H and O–H groups in total. The summed E-state index contributed by atoms with van der Waals surface area (Å²) in [6.07, 6.45) is 0. The number of ether oxygens (including phenoxy) is 1. The molecule has 0 radical (unpaired) electrons. The molecule has 3 atom stereocenters. The molecule has 0 spiro atoms. The number of aryl methyl sites for hydroxylation is 1. The minimum Gasteiger partial charge on any atom is -0.496 e. The van der Waals surface area contributed by atoms with Crippen molar-refractivity contribution in [3.63, 3.8) is 0 Å². The minimum atomic E-state index is -0.923. The van der Waals surface area contributed by atoms with Gasteiger partial charge in [-0.2, -0.15) is 0 Å². The van der Waals surface area contributed by atoms with Crippen LogP contribution in [0.25, 0.3) is 0 Å². The molecule has 1 aromatic carbocycles. The zero-order chi connectivity index (χ0) is 14.6. The van der Waals surface area contributed by atoms with Crippen LogP contribution >= 0.6 is 0 Å². The van der Waals surface area contributed by atoms with Crippen LogP contribution in [-0.2, 0) is 10.8 Å². The summed E-state index contributed by atoms with van der Waals surface area (Å²) in [5, 5.41) is 0.154. The van der Waals surface area contributed by atoms with Crippen LogP contribution in [0.4, 0.5) is 0 Å². The van der Waals surface area contributed by atoms with E-state index in [0.29, 0.717) is 11.7 Å². The van der Waals surface area contributed by atoms with Gasteiger partial charge in [0.05, 0.1) is 7.11 Å². The second-order valence-electron chi connectivity index (χ2n) is 5.35. The third kappa shape index (κ3) is 4.32. The highest BCUT2D eigenvalue weighted by Gasteiger charge is 2.20. The summed E-state index contributed by atoms with van der Waals surface area (Å²) in [4.78, 5) is 0. The standard InChI is InChI=1S/C15H25NO2S/c1-10(2)12(4)19(17)9-14(16)13-8-11(3)6-7-15(13)18-5/h6-8,10,12,14H,9,16H2,1-5H3. The zero-order valence-electron chi connectivity index (χ0n) is 12.5. The lowest BCUT2D eigenvalue weighted by molar-refractivity contribution is 0.407. The third-order valence-corrected chi connectivity index (χ3v) is 5.54. The Morgan fingerprint density at radius 1 is 1.32 bits per heavy atom. The molecule has 0 aromatic heterocycles. The SMILES string of the molecule is COc1ccc(C)cc1C(N)CS(=O)C(C)C(C)C. The summed E-state index contributed by atoms with van der Waals surface area (Å²) in [6, 6.07) is 5.67. The van der Waals surface area contributed by atoms with Gasteiger partial charge in [-0.05, 0) is 18.9 Å². The largest absolute Gasteiger partial charge is 0.496 e. The summed E-state index contributed by atoms with van der Waals surface area (Å²) in [5.41, 5.74) is 8.28. The van der Waals surface area contributed by atoms with Crippen molar-refractivity contribution in [2.75, 3.05) is 12.9 Å². The molecule has 0 heterocycles. The minimum absolute atomic E-state index is 0.154. The highest BCUT2D eigenvalue weighted by atomic mass is 32.2. The monoisotopic (exact) mass is 283 g/mol. The molecule has 1 aromatic rings. The van der Waals surface area contributed by atoms with Crippen LogP contribution in [0.2, 0.25) is 0 Å². The number of benzene rings is 1. The van der Waals surface area contributed by atoms with Gasteiger partial charge in [0.1, 0.15) is 5.75 Å². The number of methoxy groups -OCH3 is 1. The van der Waals surface area contributed by atoms with Crippen LogP contribution in [0, 0.1) is 12.8 Å². The summed E-state index contributed by atoms with van der Waals surface area (Å²) in [5.74, 6) is 1.64. The van der Waals surface area contributed by atoms with Crippen molar-refractivity contribution >= 4 is 10.8 Å². The van der Waals surface area contributed by atoms with E-state index in [0.717, 1.165) is 16.9 Å². The van der Waals surface area contributed by atoms with Crippen LogP contribution in [0.3, 0.4) is 0 Å². The van der Waals surface area contributed by atoms with E-state index in [9.17, 15) is 4.21 Å².